The first-order valence-electron chi connectivity index (χ1n) is 10.2. The van der Waals surface area contributed by atoms with Gasteiger partial charge in [0.15, 0.2) is 0 Å². The number of anilines is 2. The predicted molar refractivity (Wildman–Crippen MR) is 125 cm³/mol. The van der Waals surface area contributed by atoms with Gasteiger partial charge in [-0.3, -0.25) is 9.67 Å². The molecule has 0 unspecified atom stereocenters. The van der Waals surface area contributed by atoms with Crippen LogP contribution in [0.3, 0.4) is 0 Å². The van der Waals surface area contributed by atoms with Crippen LogP contribution in [-0.4, -0.2) is 51.2 Å². The first-order valence-corrected chi connectivity index (χ1v) is 10.2. The van der Waals surface area contributed by atoms with Gasteiger partial charge >= 0.3 is 0 Å². The number of nitrogens with zero attached hydrogens (tertiary/aromatic N) is 5. The molecule has 0 aliphatic heterocycles. The van der Waals surface area contributed by atoms with E-state index in [1.165, 1.54) is 0 Å². The van der Waals surface area contributed by atoms with E-state index in [2.05, 4.69) is 10.1 Å². The average molecular weight is 434 g/mol. The van der Waals surface area contributed by atoms with Crippen LogP contribution in [0.25, 0.3) is 22.3 Å². The molecule has 2 aromatic carbocycles. The molecule has 2 heterocycles. The summed E-state index contributed by atoms with van der Waals surface area (Å²) in [5.74, 6) is 1.33. The number of benzene rings is 2. The van der Waals surface area contributed by atoms with Crippen molar-refractivity contribution >= 4 is 22.4 Å². The van der Waals surface area contributed by atoms with Gasteiger partial charge in [0.05, 0.1) is 55.5 Å². The Morgan fingerprint density at radius 2 is 1.69 bits per heavy atom. The third-order valence-electron chi connectivity index (χ3n) is 5.03. The molecular formula is C24H27N5O3. The highest BCUT2D eigenvalue weighted by atomic mass is 16.5. The van der Waals surface area contributed by atoms with Gasteiger partial charge in [0.2, 0.25) is 0 Å². The third kappa shape index (κ3) is 4.65. The molecule has 4 rings (SSSR count). The highest BCUT2D eigenvalue weighted by Gasteiger charge is 2.22. The molecule has 0 saturated heterocycles. The second-order valence-electron chi connectivity index (χ2n) is 8.30. The van der Waals surface area contributed by atoms with Crippen LogP contribution in [-0.2, 0) is 7.05 Å². The number of methoxy groups -OCH3 is 2. The quantitative estimate of drug-likeness (QED) is 0.472. The van der Waals surface area contributed by atoms with Crippen molar-refractivity contribution in [3.63, 3.8) is 0 Å². The fraction of sp³-hybridized carbons (Fsp3) is 0.292. The molecule has 32 heavy (non-hydrogen) atoms. The lowest BCUT2D eigenvalue weighted by atomic mass is 10.1. The highest BCUT2D eigenvalue weighted by molar-refractivity contribution is 5.82. The summed E-state index contributed by atoms with van der Waals surface area (Å²) in [5.41, 5.74) is 3.94. The van der Waals surface area contributed by atoms with Crippen molar-refractivity contribution in [2.45, 2.75) is 19.4 Å². The number of aliphatic hydroxyl groups is 1. The van der Waals surface area contributed by atoms with Crippen molar-refractivity contribution < 1.29 is 14.6 Å². The zero-order valence-corrected chi connectivity index (χ0v) is 18.9. The van der Waals surface area contributed by atoms with Gasteiger partial charge in [-0.1, -0.05) is 0 Å². The standard InChI is InChI=1S/C24H27N5O3/c1-24(2,30)15-29(18-8-19(31-4)11-20(9-18)32-5)17-6-7-21-22(10-17)27-23(13-25-21)16-12-26-28(3)14-16/h6-14,30H,15H2,1-5H3. The van der Waals surface area contributed by atoms with E-state index in [-0.39, 0.29) is 0 Å². The lowest BCUT2D eigenvalue weighted by Gasteiger charge is -2.31. The van der Waals surface area contributed by atoms with Crippen LogP contribution >= 0.6 is 0 Å². The summed E-state index contributed by atoms with van der Waals surface area (Å²) in [5, 5.41) is 14.9. The molecule has 0 fully saturated rings. The fourth-order valence-electron chi connectivity index (χ4n) is 3.53. The number of hydrogen-bond donors (Lipinski definition) is 1. The number of hydrogen-bond acceptors (Lipinski definition) is 7. The number of ether oxygens (including phenoxy) is 2. The number of rotatable bonds is 7. The van der Waals surface area contributed by atoms with Crippen LogP contribution in [0.4, 0.5) is 11.4 Å². The Bertz CT molecular complexity index is 1220. The van der Waals surface area contributed by atoms with E-state index >= 15 is 0 Å². The molecule has 166 valence electrons. The molecule has 0 atom stereocenters. The molecule has 0 bridgehead atoms. The van der Waals surface area contributed by atoms with Crippen molar-refractivity contribution in [1.82, 2.24) is 19.7 Å². The zero-order chi connectivity index (χ0) is 22.9. The van der Waals surface area contributed by atoms with E-state index in [0.717, 1.165) is 33.7 Å². The van der Waals surface area contributed by atoms with Crippen LogP contribution in [0.5, 0.6) is 11.5 Å². The van der Waals surface area contributed by atoms with Gasteiger partial charge in [-0.25, -0.2) is 4.98 Å². The first kappa shape index (κ1) is 21.6. The van der Waals surface area contributed by atoms with Crippen molar-refractivity contribution in [1.29, 1.82) is 0 Å². The third-order valence-corrected chi connectivity index (χ3v) is 5.03. The molecule has 8 heteroatoms. The van der Waals surface area contributed by atoms with Crippen LogP contribution in [0.15, 0.2) is 55.0 Å². The van der Waals surface area contributed by atoms with Gasteiger partial charge in [-0.15, -0.1) is 0 Å². The van der Waals surface area contributed by atoms with Gasteiger partial charge in [0.25, 0.3) is 0 Å². The summed E-state index contributed by atoms with van der Waals surface area (Å²) in [6, 6.07) is 11.5. The summed E-state index contributed by atoms with van der Waals surface area (Å²) < 4.78 is 12.6. The van der Waals surface area contributed by atoms with Crippen LogP contribution in [0, 0.1) is 0 Å². The first-order chi connectivity index (χ1) is 15.3. The second-order valence-corrected chi connectivity index (χ2v) is 8.30. The van der Waals surface area contributed by atoms with E-state index in [1.807, 2.05) is 54.5 Å². The Labute approximate surface area is 187 Å². The molecule has 2 aromatic heterocycles. The number of aromatic nitrogens is 4. The van der Waals surface area contributed by atoms with E-state index in [9.17, 15) is 5.11 Å². The fourth-order valence-corrected chi connectivity index (χ4v) is 3.53. The molecule has 0 radical (unpaired) electrons. The normalized spacial score (nSPS) is 11.6. The minimum atomic E-state index is -0.950. The molecule has 0 spiro atoms. The monoisotopic (exact) mass is 433 g/mol. The Balaban J connectivity index is 1.82. The molecule has 1 N–H and O–H groups in total. The largest absolute Gasteiger partial charge is 0.497 e. The summed E-state index contributed by atoms with van der Waals surface area (Å²) in [7, 11) is 5.10. The minimum Gasteiger partial charge on any atom is -0.497 e. The molecular weight excluding hydrogens is 406 g/mol. The maximum Gasteiger partial charge on any atom is 0.124 e. The summed E-state index contributed by atoms with van der Waals surface area (Å²) in [4.78, 5) is 11.4. The minimum absolute atomic E-state index is 0.352. The second kappa shape index (κ2) is 8.47. The Hall–Kier alpha value is -3.65. The average Bonchev–Trinajstić information content (AvgIpc) is 3.22. The molecule has 0 aliphatic carbocycles. The van der Waals surface area contributed by atoms with Crippen molar-refractivity contribution in [2.24, 2.45) is 7.05 Å². The van der Waals surface area contributed by atoms with Crippen LogP contribution < -0.4 is 14.4 Å². The summed E-state index contributed by atoms with van der Waals surface area (Å²) >= 11 is 0. The summed E-state index contributed by atoms with van der Waals surface area (Å²) in [6.45, 7) is 3.90. The lowest BCUT2D eigenvalue weighted by Crippen LogP contribution is -2.36. The predicted octanol–water partition coefficient (Wildman–Crippen LogP) is 3.96. The van der Waals surface area contributed by atoms with Crippen LogP contribution in [0.1, 0.15) is 13.8 Å². The Morgan fingerprint density at radius 1 is 0.969 bits per heavy atom. The van der Waals surface area contributed by atoms with Gasteiger partial charge < -0.3 is 19.5 Å². The number of fused-ring (bicyclic) bond motifs is 1. The maximum atomic E-state index is 10.6. The molecule has 0 saturated carbocycles. The topological polar surface area (TPSA) is 85.5 Å². The number of aryl methyl sites for hydroxylation is 1. The SMILES string of the molecule is COc1cc(OC)cc(N(CC(C)(C)O)c2ccc3ncc(-c4cnn(C)c4)nc3c2)c1. The smallest absolute Gasteiger partial charge is 0.124 e. The Morgan fingerprint density at radius 3 is 2.28 bits per heavy atom. The van der Waals surface area contributed by atoms with Crippen molar-refractivity contribution in [2.75, 3.05) is 25.7 Å². The van der Waals surface area contributed by atoms with Crippen LogP contribution in [0.2, 0.25) is 0 Å². The van der Waals surface area contributed by atoms with Gasteiger partial charge in [0.1, 0.15) is 11.5 Å². The Kier molecular flexibility index (Phi) is 5.71. The zero-order valence-electron chi connectivity index (χ0n) is 18.9. The van der Waals surface area contributed by atoms with E-state index in [4.69, 9.17) is 14.5 Å². The summed E-state index contributed by atoms with van der Waals surface area (Å²) in [6.07, 6.45) is 5.42. The molecule has 0 aliphatic rings. The van der Waals surface area contributed by atoms with Gasteiger partial charge in [-0.2, -0.15) is 5.10 Å². The molecule has 8 nitrogen and oxygen atoms in total. The van der Waals surface area contributed by atoms with E-state index < -0.39 is 5.60 Å². The van der Waals surface area contributed by atoms with E-state index in [1.54, 1.807) is 45.1 Å². The van der Waals surface area contributed by atoms with Gasteiger partial charge in [0, 0.05) is 48.4 Å². The highest BCUT2D eigenvalue weighted by Crippen LogP contribution is 2.35. The van der Waals surface area contributed by atoms with Gasteiger partial charge in [-0.05, 0) is 32.0 Å². The lowest BCUT2D eigenvalue weighted by molar-refractivity contribution is 0.0898. The van der Waals surface area contributed by atoms with Crippen molar-refractivity contribution in [3.05, 3.63) is 55.0 Å². The van der Waals surface area contributed by atoms with E-state index in [0.29, 0.717) is 18.0 Å². The maximum absolute atomic E-state index is 10.6. The van der Waals surface area contributed by atoms with Crippen molar-refractivity contribution in [3.8, 4) is 22.8 Å². The molecule has 4 aromatic rings. The molecule has 0 amide bonds.